The zero-order valence-electron chi connectivity index (χ0n) is 17.8. The van der Waals surface area contributed by atoms with Crippen LogP contribution in [0.2, 0.25) is 0 Å². The van der Waals surface area contributed by atoms with Crippen molar-refractivity contribution < 1.29 is 26.3 Å². The summed E-state index contributed by atoms with van der Waals surface area (Å²) in [5.74, 6) is 0. The molecule has 0 aliphatic carbocycles. The van der Waals surface area contributed by atoms with Gasteiger partial charge in [-0.25, -0.2) is 13.1 Å². The fourth-order valence-corrected chi connectivity index (χ4v) is 5.12. The van der Waals surface area contributed by atoms with E-state index in [1.54, 1.807) is 36.4 Å². The van der Waals surface area contributed by atoms with Crippen LogP contribution in [0, 0.1) is 0 Å². The minimum absolute atomic E-state index is 0.0436. The second-order valence-electron chi connectivity index (χ2n) is 7.30. The van der Waals surface area contributed by atoms with Crippen LogP contribution in [0.15, 0.2) is 71.6 Å². The maximum absolute atomic E-state index is 13.7. The molecule has 5 nitrogen and oxygen atoms in total. The van der Waals surface area contributed by atoms with Crippen molar-refractivity contribution in [3.8, 4) is 26.7 Å². The number of thiocarbonyl (C=S) groups is 1. The lowest BCUT2D eigenvalue weighted by atomic mass is 10.1. The summed E-state index contributed by atoms with van der Waals surface area (Å²) in [6.45, 7) is 0. The molecule has 0 fully saturated rings. The molecule has 0 spiro atoms. The maximum Gasteiger partial charge on any atom is 0.418 e. The molecule has 0 atom stereocenters. The van der Waals surface area contributed by atoms with Crippen molar-refractivity contribution in [3.63, 3.8) is 0 Å². The third-order valence-corrected chi connectivity index (χ3v) is 7.59. The van der Waals surface area contributed by atoms with E-state index in [-0.39, 0.29) is 21.3 Å². The van der Waals surface area contributed by atoms with Crippen LogP contribution in [-0.2, 0) is 20.8 Å². The van der Waals surface area contributed by atoms with Gasteiger partial charge in [0.2, 0.25) is 5.05 Å². The lowest BCUT2D eigenvalue weighted by Crippen LogP contribution is -2.12. The van der Waals surface area contributed by atoms with Crippen molar-refractivity contribution in [2.75, 3.05) is 13.4 Å². The molecule has 2 aromatic heterocycles. The van der Waals surface area contributed by atoms with Gasteiger partial charge in [0.15, 0.2) is 9.84 Å². The first kappa shape index (κ1) is 24.1. The molecule has 176 valence electrons. The first-order valence-corrected chi connectivity index (χ1v) is 12.9. The van der Waals surface area contributed by atoms with Gasteiger partial charge in [-0.1, -0.05) is 24.3 Å². The van der Waals surface area contributed by atoms with Crippen LogP contribution < -0.4 is 0 Å². The van der Waals surface area contributed by atoms with E-state index in [0.29, 0.717) is 16.1 Å². The number of halogens is 3. The molecule has 0 N–H and O–H groups in total. The SMILES string of the molecule is COC(=S)c1cc(-c2ccc(-c3cccc(S(C)(=O)=O)c3)s2)n(-c2ccccc2C(F)(F)F)n1. The summed E-state index contributed by atoms with van der Waals surface area (Å²) >= 11 is 6.45. The van der Waals surface area contributed by atoms with Gasteiger partial charge in [0.1, 0.15) is 5.69 Å². The van der Waals surface area contributed by atoms with E-state index in [1.807, 2.05) is 0 Å². The van der Waals surface area contributed by atoms with E-state index in [2.05, 4.69) is 5.10 Å². The number of para-hydroxylation sites is 1. The van der Waals surface area contributed by atoms with Crippen molar-refractivity contribution in [1.82, 2.24) is 9.78 Å². The second kappa shape index (κ2) is 8.97. The summed E-state index contributed by atoms with van der Waals surface area (Å²) in [4.78, 5) is 1.54. The second-order valence-corrected chi connectivity index (χ2v) is 10.8. The molecule has 11 heteroatoms. The molecule has 4 rings (SSSR count). The van der Waals surface area contributed by atoms with Crippen LogP contribution in [0.4, 0.5) is 13.2 Å². The molecule has 0 aliphatic rings. The van der Waals surface area contributed by atoms with Crippen LogP contribution in [0.1, 0.15) is 11.3 Å². The topological polar surface area (TPSA) is 61.2 Å². The smallest absolute Gasteiger partial charge is 0.418 e. The molecule has 0 unspecified atom stereocenters. The Labute approximate surface area is 203 Å². The van der Waals surface area contributed by atoms with E-state index < -0.39 is 21.6 Å². The van der Waals surface area contributed by atoms with Crippen LogP contribution in [0.5, 0.6) is 0 Å². The maximum atomic E-state index is 13.7. The summed E-state index contributed by atoms with van der Waals surface area (Å²) in [6, 6.07) is 16.7. The Morgan fingerprint density at radius 3 is 2.41 bits per heavy atom. The fraction of sp³-hybridized carbons (Fsp3) is 0.130. The quantitative estimate of drug-likeness (QED) is 0.300. The van der Waals surface area contributed by atoms with Gasteiger partial charge in [-0.3, -0.25) is 0 Å². The molecule has 0 saturated carbocycles. The molecule has 0 amide bonds. The predicted molar refractivity (Wildman–Crippen MR) is 129 cm³/mol. The monoisotopic (exact) mass is 522 g/mol. The van der Waals surface area contributed by atoms with Crippen molar-refractivity contribution in [2.45, 2.75) is 11.1 Å². The van der Waals surface area contributed by atoms with Gasteiger partial charge in [-0.15, -0.1) is 11.3 Å². The summed E-state index contributed by atoms with van der Waals surface area (Å²) in [6.07, 6.45) is -3.46. The molecular weight excluding hydrogens is 505 g/mol. The highest BCUT2D eigenvalue weighted by molar-refractivity contribution is 7.90. The normalized spacial score (nSPS) is 12.0. The van der Waals surface area contributed by atoms with Crippen molar-refractivity contribution in [3.05, 3.63) is 78.0 Å². The lowest BCUT2D eigenvalue weighted by molar-refractivity contribution is -0.137. The number of hydrogen-bond acceptors (Lipinski definition) is 6. The highest BCUT2D eigenvalue weighted by Crippen LogP contribution is 2.39. The number of aromatic nitrogens is 2. The third kappa shape index (κ3) is 4.77. The van der Waals surface area contributed by atoms with Crippen LogP contribution in [0.25, 0.3) is 26.7 Å². The van der Waals surface area contributed by atoms with E-state index in [9.17, 15) is 21.6 Å². The molecular formula is C23H17F3N2O3S3. The number of nitrogens with zero attached hydrogens (tertiary/aromatic N) is 2. The largest absolute Gasteiger partial charge is 0.485 e. The molecule has 0 bridgehead atoms. The number of alkyl halides is 3. The zero-order valence-corrected chi connectivity index (χ0v) is 20.3. The number of benzene rings is 2. The molecule has 4 aromatic rings. The zero-order chi connectivity index (χ0) is 24.7. The van der Waals surface area contributed by atoms with Crippen LogP contribution in [-0.4, -0.2) is 36.6 Å². The Morgan fingerprint density at radius 2 is 1.74 bits per heavy atom. The van der Waals surface area contributed by atoms with Gasteiger partial charge < -0.3 is 4.74 Å². The summed E-state index contributed by atoms with van der Waals surface area (Å²) in [7, 11) is -2.03. The summed E-state index contributed by atoms with van der Waals surface area (Å²) in [5.41, 5.74) is 0.296. The molecule has 2 aromatic carbocycles. The highest BCUT2D eigenvalue weighted by Gasteiger charge is 2.34. The van der Waals surface area contributed by atoms with Crippen LogP contribution >= 0.6 is 23.6 Å². The van der Waals surface area contributed by atoms with Crippen LogP contribution in [0.3, 0.4) is 0 Å². The Hall–Kier alpha value is -3.02. The Bertz CT molecular complexity index is 1490. The average Bonchev–Trinajstić information content (AvgIpc) is 3.45. The first-order chi connectivity index (χ1) is 16.0. The molecule has 34 heavy (non-hydrogen) atoms. The Kier molecular flexibility index (Phi) is 6.36. The predicted octanol–water partition coefficient (Wildman–Crippen LogP) is 6.01. The number of hydrogen-bond donors (Lipinski definition) is 0. The van der Waals surface area contributed by atoms with Gasteiger partial charge >= 0.3 is 6.18 Å². The van der Waals surface area contributed by atoms with Gasteiger partial charge in [-0.05, 0) is 60.2 Å². The molecule has 0 saturated heterocycles. The molecule has 2 heterocycles. The molecule has 0 radical (unpaired) electrons. The summed E-state index contributed by atoms with van der Waals surface area (Å²) < 4.78 is 71.3. The lowest BCUT2D eigenvalue weighted by Gasteiger charge is -2.14. The first-order valence-electron chi connectivity index (χ1n) is 9.74. The third-order valence-electron chi connectivity index (χ3n) is 4.95. The van der Waals surface area contributed by atoms with E-state index in [4.69, 9.17) is 17.0 Å². The minimum Gasteiger partial charge on any atom is -0.485 e. The van der Waals surface area contributed by atoms with E-state index >= 15 is 0 Å². The number of thiophene rings is 1. The van der Waals surface area contributed by atoms with Crippen molar-refractivity contribution >= 4 is 38.4 Å². The number of sulfone groups is 1. The van der Waals surface area contributed by atoms with Crippen molar-refractivity contribution in [2.24, 2.45) is 0 Å². The number of ether oxygens (including phenoxy) is 1. The van der Waals surface area contributed by atoms with Gasteiger partial charge in [0.25, 0.3) is 0 Å². The van der Waals surface area contributed by atoms with E-state index in [1.165, 1.54) is 47.4 Å². The standard InChI is InChI=1S/C23H17F3N2O3S3/c1-31-22(32)17-13-19(28(27-17)18-9-4-3-8-16(18)23(24,25)26)21-11-10-20(33-21)14-6-5-7-15(12-14)34(2,29)30/h3-13H,1-2H3. The average molecular weight is 523 g/mol. The highest BCUT2D eigenvalue weighted by atomic mass is 32.2. The van der Waals surface area contributed by atoms with E-state index in [0.717, 1.165) is 17.2 Å². The van der Waals surface area contributed by atoms with Gasteiger partial charge in [0, 0.05) is 11.1 Å². The number of rotatable bonds is 5. The van der Waals surface area contributed by atoms with Crippen molar-refractivity contribution in [1.29, 1.82) is 0 Å². The number of methoxy groups -OCH3 is 1. The Morgan fingerprint density at radius 1 is 1.03 bits per heavy atom. The Balaban J connectivity index is 1.87. The minimum atomic E-state index is -4.59. The fourth-order valence-electron chi connectivity index (χ4n) is 3.35. The summed E-state index contributed by atoms with van der Waals surface area (Å²) in [5, 5.41) is 4.35. The molecule has 0 aliphatic heterocycles. The van der Waals surface area contributed by atoms with Gasteiger partial charge in [-0.2, -0.15) is 18.3 Å². The van der Waals surface area contributed by atoms with Gasteiger partial charge in [0.05, 0.1) is 33.8 Å².